The number of anilines is 2. The number of hydrogen-bond donors (Lipinski definition) is 2. The Labute approximate surface area is 240 Å². The topological polar surface area (TPSA) is 112 Å². The van der Waals surface area contributed by atoms with E-state index in [1.807, 2.05) is 13.0 Å². The number of nitrogens with one attached hydrogen (secondary N) is 2. The lowest BCUT2D eigenvalue weighted by Crippen LogP contribution is -2.53. The molecule has 0 aliphatic carbocycles. The first-order valence-corrected chi connectivity index (χ1v) is 13.3. The zero-order chi connectivity index (χ0) is 29.6. The summed E-state index contributed by atoms with van der Waals surface area (Å²) in [7, 11) is 1.43. The van der Waals surface area contributed by atoms with Gasteiger partial charge in [0.15, 0.2) is 5.69 Å². The van der Waals surface area contributed by atoms with Crippen LogP contribution < -0.4 is 20.3 Å². The normalized spacial score (nSPS) is 19.5. The van der Waals surface area contributed by atoms with E-state index >= 15 is 8.78 Å². The predicted molar refractivity (Wildman–Crippen MR) is 151 cm³/mol. The van der Waals surface area contributed by atoms with Gasteiger partial charge in [-0.05, 0) is 37.3 Å². The van der Waals surface area contributed by atoms with E-state index in [1.54, 1.807) is 27.8 Å². The summed E-state index contributed by atoms with van der Waals surface area (Å²) in [6.45, 7) is 2.47. The number of hydrogen-bond acceptors (Lipinski definition) is 6. The Balaban J connectivity index is 1.33. The van der Waals surface area contributed by atoms with Gasteiger partial charge in [-0.1, -0.05) is 42.5 Å². The van der Waals surface area contributed by atoms with E-state index < -0.39 is 17.7 Å². The van der Waals surface area contributed by atoms with Gasteiger partial charge >= 0.3 is 0 Å². The van der Waals surface area contributed by atoms with Crippen LogP contribution in [0.4, 0.5) is 20.2 Å². The number of rotatable bonds is 6. The van der Waals surface area contributed by atoms with Crippen LogP contribution in [0.3, 0.4) is 0 Å². The number of ether oxygens (including phenoxy) is 1. The molecule has 3 heterocycles. The SMILES string of the molecule is COc1ccc(C(=O)Nc2cnn3c2C(=O)N(c2ccc(C(F)(F)c4ccccc4)cc2)[C@H]2C(C)NC[C@@H]23)cc1C#N. The maximum atomic E-state index is 15.2. The van der Waals surface area contributed by atoms with Gasteiger partial charge in [-0.3, -0.25) is 14.3 Å². The quantitative estimate of drug-likeness (QED) is 0.348. The molecule has 4 aromatic rings. The Morgan fingerprint density at radius 3 is 2.52 bits per heavy atom. The van der Waals surface area contributed by atoms with Gasteiger partial charge < -0.3 is 20.3 Å². The molecular weight excluding hydrogens is 542 g/mol. The molecule has 212 valence electrons. The van der Waals surface area contributed by atoms with Crippen LogP contribution in [-0.4, -0.2) is 47.3 Å². The average Bonchev–Trinajstić information content (AvgIpc) is 3.61. The van der Waals surface area contributed by atoms with Crippen molar-refractivity contribution in [3.63, 3.8) is 0 Å². The third-order valence-corrected chi connectivity index (χ3v) is 7.86. The Kier molecular flexibility index (Phi) is 6.71. The number of fused-ring (bicyclic) bond motifs is 3. The zero-order valence-electron chi connectivity index (χ0n) is 22.7. The molecule has 1 saturated heterocycles. The van der Waals surface area contributed by atoms with Crippen molar-refractivity contribution in [2.24, 2.45) is 0 Å². The first kappa shape index (κ1) is 27.1. The maximum Gasteiger partial charge on any atom is 0.298 e. The van der Waals surface area contributed by atoms with Crippen molar-refractivity contribution in [1.82, 2.24) is 15.1 Å². The molecule has 1 aromatic heterocycles. The summed E-state index contributed by atoms with van der Waals surface area (Å²) in [6, 6.07) is 19.0. The average molecular weight is 569 g/mol. The minimum atomic E-state index is -3.21. The molecule has 2 aliphatic heterocycles. The molecule has 0 bridgehead atoms. The second-order valence-corrected chi connectivity index (χ2v) is 10.2. The molecule has 0 spiro atoms. The van der Waals surface area contributed by atoms with E-state index in [0.29, 0.717) is 18.0 Å². The zero-order valence-corrected chi connectivity index (χ0v) is 22.7. The number of carbonyl (C=O) groups excluding carboxylic acids is 2. The monoisotopic (exact) mass is 568 g/mol. The lowest BCUT2D eigenvalue weighted by atomic mass is 9.97. The smallest absolute Gasteiger partial charge is 0.298 e. The van der Waals surface area contributed by atoms with Gasteiger partial charge in [0, 0.05) is 35.0 Å². The van der Waals surface area contributed by atoms with Crippen molar-refractivity contribution < 1.29 is 23.1 Å². The van der Waals surface area contributed by atoms with Crippen LogP contribution in [0, 0.1) is 11.3 Å². The van der Waals surface area contributed by atoms with Crippen molar-refractivity contribution in [1.29, 1.82) is 5.26 Å². The molecule has 9 nitrogen and oxygen atoms in total. The highest BCUT2D eigenvalue weighted by molar-refractivity contribution is 6.13. The molecule has 0 saturated carbocycles. The second-order valence-electron chi connectivity index (χ2n) is 10.2. The highest BCUT2D eigenvalue weighted by Crippen LogP contribution is 2.40. The Hall–Kier alpha value is -5.08. The van der Waals surface area contributed by atoms with Crippen LogP contribution in [0.25, 0.3) is 0 Å². The Bertz CT molecular complexity index is 1710. The van der Waals surface area contributed by atoms with E-state index in [9.17, 15) is 14.9 Å². The molecule has 0 radical (unpaired) electrons. The number of nitrogens with zero attached hydrogens (tertiary/aromatic N) is 4. The van der Waals surface area contributed by atoms with Crippen LogP contribution >= 0.6 is 0 Å². The van der Waals surface area contributed by atoms with Gasteiger partial charge in [0.2, 0.25) is 0 Å². The summed E-state index contributed by atoms with van der Waals surface area (Å²) < 4.78 is 37.2. The molecule has 2 amide bonds. The van der Waals surface area contributed by atoms with Crippen LogP contribution in [0.2, 0.25) is 0 Å². The second kappa shape index (κ2) is 10.4. The third-order valence-electron chi connectivity index (χ3n) is 7.86. The third kappa shape index (κ3) is 4.37. The van der Waals surface area contributed by atoms with E-state index in [2.05, 4.69) is 15.7 Å². The molecule has 3 aromatic carbocycles. The standard InChI is InChI=1S/C31H26F2N6O3/c1-18-27-25(17-35-18)39-28(24(16-36-39)37-29(40)19-8-13-26(42-2)20(14-19)15-34)30(41)38(27)23-11-9-22(10-12-23)31(32,33)21-6-4-3-5-7-21/h3-14,16,18,25,27,35H,17H2,1-2H3,(H,37,40)/t18?,25-,27-/m0/s1. The summed E-state index contributed by atoms with van der Waals surface area (Å²) >= 11 is 0. The van der Waals surface area contributed by atoms with E-state index in [1.165, 1.54) is 67.9 Å². The Morgan fingerprint density at radius 1 is 1.12 bits per heavy atom. The lowest BCUT2D eigenvalue weighted by molar-refractivity contribution is 0.0428. The van der Waals surface area contributed by atoms with Crippen LogP contribution in [-0.2, 0) is 5.92 Å². The first-order chi connectivity index (χ1) is 20.2. The van der Waals surface area contributed by atoms with Gasteiger partial charge in [-0.25, -0.2) is 0 Å². The van der Waals surface area contributed by atoms with Crippen LogP contribution in [0.15, 0.2) is 79.0 Å². The molecular formula is C31H26F2N6O3. The highest BCUT2D eigenvalue weighted by Gasteiger charge is 2.48. The van der Waals surface area contributed by atoms with Gasteiger partial charge in [0.05, 0.1) is 36.6 Å². The number of nitriles is 1. The number of halogens is 2. The molecule has 2 N–H and O–H groups in total. The summed E-state index contributed by atoms with van der Waals surface area (Å²) in [5, 5.41) is 20.0. The summed E-state index contributed by atoms with van der Waals surface area (Å²) in [6.07, 6.45) is 1.42. The predicted octanol–water partition coefficient (Wildman–Crippen LogP) is 4.72. The van der Waals surface area contributed by atoms with Crippen LogP contribution in [0.5, 0.6) is 5.75 Å². The molecule has 1 fully saturated rings. The van der Waals surface area contributed by atoms with E-state index in [0.717, 1.165) is 0 Å². The first-order valence-electron chi connectivity index (χ1n) is 13.3. The molecule has 42 heavy (non-hydrogen) atoms. The van der Waals surface area contributed by atoms with Gasteiger partial charge in [0.1, 0.15) is 11.8 Å². The fourth-order valence-electron chi connectivity index (χ4n) is 5.74. The molecule has 6 rings (SSSR count). The maximum absolute atomic E-state index is 15.2. The summed E-state index contributed by atoms with van der Waals surface area (Å²) in [5.74, 6) is -3.82. The van der Waals surface area contributed by atoms with Crippen molar-refractivity contribution in [2.75, 3.05) is 23.9 Å². The minimum Gasteiger partial charge on any atom is -0.495 e. The fraction of sp³-hybridized carbons (Fsp3) is 0.226. The molecule has 2 aliphatic rings. The van der Waals surface area contributed by atoms with Crippen molar-refractivity contribution >= 4 is 23.2 Å². The molecule has 11 heteroatoms. The van der Waals surface area contributed by atoms with Crippen molar-refractivity contribution in [2.45, 2.75) is 31.0 Å². The number of aromatic nitrogens is 2. The highest BCUT2D eigenvalue weighted by atomic mass is 19.3. The number of amides is 2. The van der Waals surface area contributed by atoms with Crippen molar-refractivity contribution in [3.05, 3.63) is 107 Å². The van der Waals surface area contributed by atoms with E-state index in [-0.39, 0.29) is 51.8 Å². The van der Waals surface area contributed by atoms with Crippen LogP contribution in [0.1, 0.15) is 50.5 Å². The van der Waals surface area contributed by atoms with E-state index in [4.69, 9.17) is 4.74 Å². The molecule has 3 atom stereocenters. The van der Waals surface area contributed by atoms with Crippen molar-refractivity contribution in [3.8, 4) is 11.8 Å². The number of benzene rings is 3. The summed E-state index contributed by atoms with van der Waals surface area (Å²) in [5.41, 5.74) is 0.921. The lowest BCUT2D eigenvalue weighted by Gasteiger charge is -2.39. The molecule has 1 unspecified atom stereocenters. The Morgan fingerprint density at radius 2 is 1.83 bits per heavy atom. The van der Waals surface area contributed by atoms with Gasteiger partial charge in [0.25, 0.3) is 17.7 Å². The minimum absolute atomic E-state index is 0.108. The fourth-order valence-corrected chi connectivity index (χ4v) is 5.74. The summed E-state index contributed by atoms with van der Waals surface area (Å²) in [4.78, 5) is 28.8. The number of methoxy groups -OCH3 is 1. The number of alkyl halides is 2. The van der Waals surface area contributed by atoms with Gasteiger partial charge in [-0.15, -0.1) is 0 Å². The number of carbonyl (C=O) groups is 2. The largest absolute Gasteiger partial charge is 0.495 e. The van der Waals surface area contributed by atoms with Gasteiger partial charge in [-0.2, -0.15) is 19.1 Å².